The lowest BCUT2D eigenvalue weighted by atomic mass is 10.1. The molecule has 5 nitrogen and oxygen atoms in total. The number of aryl methyl sites for hydroxylation is 3. The van der Waals surface area contributed by atoms with Crippen LogP contribution in [0.4, 0.5) is 5.13 Å². The number of nitrogens with zero attached hydrogens (tertiary/aromatic N) is 2. The van der Waals surface area contributed by atoms with E-state index in [1.165, 1.54) is 11.3 Å². The predicted octanol–water partition coefficient (Wildman–Crippen LogP) is 2.87. The van der Waals surface area contributed by atoms with Crippen LogP contribution in [-0.2, 0) is 4.79 Å². The molecule has 106 valence electrons. The maximum absolute atomic E-state index is 12.0. The van der Waals surface area contributed by atoms with E-state index < -0.39 is 6.10 Å². The van der Waals surface area contributed by atoms with Gasteiger partial charge in [-0.1, -0.05) is 29.0 Å². The van der Waals surface area contributed by atoms with E-state index in [1.54, 1.807) is 6.92 Å². The zero-order chi connectivity index (χ0) is 14.7. The number of carbonyl (C=O) groups excluding carboxylic acids is 1. The van der Waals surface area contributed by atoms with Crippen LogP contribution in [0, 0.1) is 20.8 Å². The maximum atomic E-state index is 12.0. The summed E-state index contributed by atoms with van der Waals surface area (Å²) in [4.78, 5) is 12.0. The number of hydrogen-bond donors (Lipinski definition) is 1. The van der Waals surface area contributed by atoms with Crippen LogP contribution in [-0.4, -0.2) is 22.2 Å². The highest BCUT2D eigenvalue weighted by Crippen LogP contribution is 2.21. The smallest absolute Gasteiger partial charge is 0.266 e. The van der Waals surface area contributed by atoms with Gasteiger partial charge < -0.3 is 4.74 Å². The number of rotatable bonds is 4. The fraction of sp³-hybridized carbons (Fsp3) is 0.357. The Labute approximate surface area is 122 Å². The van der Waals surface area contributed by atoms with Crippen molar-refractivity contribution in [2.75, 3.05) is 5.32 Å². The van der Waals surface area contributed by atoms with E-state index in [0.717, 1.165) is 16.1 Å². The number of carbonyl (C=O) groups is 1. The highest BCUT2D eigenvalue weighted by molar-refractivity contribution is 7.15. The average Bonchev–Trinajstić information content (AvgIpc) is 2.78. The molecule has 0 unspecified atom stereocenters. The van der Waals surface area contributed by atoms with Crippen molar-refractivity contribution in [3.8, 4) is 5.75 Å². The topological polar surface area (TPSA) is 64.1 Å². The van der Waals surface area contributed by atoms with Crippen molar-refractivity contribution < 1.29 is 9.53 Å². The second-order valence-electron chi connectivity index (χ2n) is 4.64. The number of aromatic nitrogens is 2. The quantitative estimate of drug-likeness (QED) is 0.940. The molecule has 0 aliphatic carbocycles. The molecule has 20 heavy (non-hydrogen) atoms. The second kappa shape index (κ2) is 6.00. The Morgan fingerprint density at radius 1 is 1.30 bits per heavy atom. The maximum Gasteiger partial charge on any atom is 0.266 e. The van der Waals surface area contributed by atoms with Gasteiger partial charge in [0, 0.05) is 0 Å². The number of hydrogen-bond acceptors (Lipinski definition) is 5. The van der Waals surface area contributed by atoms with Crippen LogP contribution in [0.5, 0.6) is 5.75 Å². The van der Waals surface area contributed by atoms with E-state index in [-0.39, 0.29) is 5.91 Å². The minimum Gasteiger partial charge on any atom is -0.481 e. The highest BCUT2D eigenvalue weighted by atomic mass is 32.1. The second-order valence-corrected chi connectivity index (χ2v) is 5.83. The monoisotopic (exact) mass is 291 g/mol. The summed E-state index contributed by atoms with van der Waals surface area (Å²) in [6.45, 7) is 7.53. The predicted molar refractivity (Wildman–Crippen MR) is 79.3 cm³/mol. The molecule has 1 amide bonds. The summed E-state index contributed by atoms with van der Waals surface area (Å²) in [5, 5.41) is 11.7. The highest BCUT2D eigenvalue weighted by Gasteiger charge is 2.17. The van der Waals surface area contributed by atoms with Gasteiger partial charge >= 0.3 is 0 Å². The molecule has 0 saturated carbocycles. The van der Waals surface area contributed by atoms with Gasteiger partial charge in [0.1, 0.15) is 10.8 Å². The van der Waals surface area contributed by atoms with Crippen LogP contribution >= 0.6 is 11.3 Å². The third-order valence-electron chi connectivity index (χ3n) is 2.76. The fourth-order valence-corrected chi connectivity index (χ4v) is 2.32. The van der Waals surface area contributed by atoms with Crippen LogP contribution in [0.3, 0.4) is 0 Å². The molecule has 0 radical (unpaired) electrons. The van der Waals surface area contributed by atoms with Crippen molar-refractivity contribution in [2.45, 2.75) is 33.8 Å². The van der Waals surface area contributed by atoms with Gasteiger partial charge in [0.15, 0.2) is 6.10 Å². The van der Waals surface area contributed by atoms with Crippen molar-refractivity contribution in [3.63, 3.8) is 0 Å². The molecule has 0 spiro atoms. The summed E-state index contributed by atoms with van der Waals surface area (Å²) in [5.41, 5.74) is 2.17. The third-order valence-corrected chi connectivity index (χ3v) is 3.51. The molecule has 0 aliphatic rings. The molecule has 1 heterocycles. The number of benzene rings is 1. The Kier molecular flexibility index (Phi) is 4.34. The standard InChI is InChI=1S/C14H17N3O2S/c1-8-5-6-12(9(2)7-8)19-10(3)13(18)15-14-17-16-11(4)20-14/h5-7,10H,1-4H3,(H,15,17,18)/t10-/m0/s1. The Morgan fingerprint density at radius 3 is 2.65 bits per heavy atom. The van der Waals surface area contributed by atoms with Gasteiger partial charge in [-0.3, -0.25) is 10.1 Å². The molecule has 1 aromatic heterocycles. The van der Waals surface area contributed by atoms with Crippen LogP contribution in [0.25, 0.3) is 0 Å². The Hall–Kier alpha value is -1.95. The summed E-state index contributed by atoms with van der Waals surface area (Å²) in [5.74, 6) is 0.479. The summed E-state index contributed by atoms with van der Waals surface area (Å²) in [6, 6.07) is 5.86. The first kappa shape index (κ1) is 14.5. The molecule has 2 rings (SSSR count). The molecule has 0 saturated heterocycles. The molecule has 1 N–H and O–H groups in total. The summed E-state index contributed by atoms with van der Waals surface area (Å²) in [6.07, 6.45) is -0.597. The molecule has 0 aliphatic heterocycles. The molecule has 1 atom stereocenters. The van der Waals surface area contributed by atoms with Crippen LogP contribution in [0.2, 0.25) is 0 Å². The van der Waals surface area contributed by atoms with Gasteiger partial charge in [-0.2, -0.15) is 0 Å². The van der Waals surface area contributed by atoms with Gasteiger partial charge in [0.25, 0.3) is 5.91 Å². The first-order chi connectivity index (χ1) is 9.45. The number of ether oxygens (including phenoxy) is 1. The molecule has 0 fully saturated rings. The van der Waals surface area contributed by atoms with Crippen molar-refractivity contribution in [2.24, 2.45) is 0 Å². The molecule has 1 aromatic carbocycles. The molecule has 0 bridgehead atoms. The average molecular weight is 291 g/mol. The number of anilines is 1. The third kappa shape index (κ3) is 3.54. The minimum atomic E-state index is -0.597. The van der Waals surface area contributed by atoms with Crippen LogP contribution in [0.1, 0.15) is 23.1 Å². The normalized spacial score (nSPS) is 12.0. The number of amides is 1. The lowest BCUT2D eigenvalue weighted by molar-refractivity contribution is -0.122. The van der Waals surface area contributed by atoms with E-state index in [9.17, 15) is 4.79 Å². The SMILES string of the molecule is Cc1ccc(O[C@@H](C)C(=O)Nc2nnc(C)s2)c(C)c1. The fourth-order valence-electron chi connectivity index (χ4n) is 1.73. The lowest BCUT2D eigenvalue weighted by Gasteiger charge is -2.15. The van der Waals surface area contributed by atoms with E-state index in [0.29, 0.717) is 10.9 Å². The van der Waals surface area contributed by atoms with Crippen LogP contribution < -0.4 is 10.1 Å². The van der Waals surface area contributed by atoms with E-state index >= 15 is 0 Å². The molecule has 2 aromatic rings. The molecular weight excluding hydrogens is 274 g/mol. The minimum absolute atomic E-state index is 0.235. The van der Waals surface area contributed by atoms with Crippen molar-refractivity contribution in [1.82, 2.24) is 10.2 Å². The Balaban J connectivity index is 2.00. The van der Waals surface area contributed by atoms with Crippen LogP contribution in [0.15, 0.2) is 18.2 Å². The van der Waals surface area contributed by atoms with Crippen molar-refractivity contribution >= 4 is 22.4 Å². The first-order valence-corrected chi connectivity index (χ1v) is 7.12. The van der Waals surface area contributed by atoms with E-state index in [2.05, 4.69) is 15.5 Å². The Bertz CT molecular complexity index is 625. The van der Waals surface area contributed by atoms with Gasteiger partial charge in [0.05, 0.1) is 0 Å². The van der Waals surface area contributed by atoms with Crippen molar-refractivity contribution in [1.29, 1.82) is 0 Å². The van der Waals surface area contributed by atoms with Gasteiger partial charge in [-0.05, 0) is 39.3 Å². The summed E-state index contributed by atoms with van der Waals surface area (Å²) in [7, 11) is 0. The lowest BCUT2D eigenvalue weighted by Crippen LogP contribution is -2.30. The van der Waals surface area contributed by atoms with Crippen molar-refractivity contribution in [3.05, 3.63) is 34.3 Å². The van der Waals surface area contributed by atoms with Gasteiger partial charge in [-0.15, -0.1) is 10.2 Å². The first-order valence-electron chi connectivity index (χ1n) is 6.30. The van der Waals surface area contributed by atoms with E-state index in [4.69, 9.17) is 4.74 Å². The largest absolute Gasteiger partial charge is 0.481 e. The zero-order valence-corrected chi connectivity index (χ0v) is 12.7. The Morgan fingerprint density at radius 2 is 2.05 bits per heavy atom. The van der Waals surface area contributed by atoms with Gasteiger partial charge in [-0.25, -0.2) is 0 Å². The summed E-state index contributed by atoms with van der Waals surface area (Å²) >= 11 is 1.34. The zero-order valence-electron chi connectivity index (χ0n) is 11.9. The molecular formula is C14H17N3O2S. The molecule has 6 heteroatoms. The number of nitrogens with one attached hydrogen (secondary N) is 1. The van der Waals surface area contributed by atoms with Gasteiger partial charge in [0.2, 0.25) is 5.13 Å². The van der Waals surface area contributed by atoms with E-state index in [1.807, 2.05) is 39.0 Å². The summed E-state index contributed by atoms with van der Waals surface area (Å²) < 4.78 is 5.69.